The van der Waals surface area contributed by atoms with Gasteiger partial charge in [-0.1, -0.05) is 13.8 Å². The van der Waals surface area contributed by atoms with Crippen molar-refractivity contribution in [2.75, 3.05) is 18.4 Å². The zero-order valence-electron chi connectivity index (χ0n) is 11.8. The molecule has 0 saturated heterocycles. The minimum absolute atomic E-state index is 0.0166. The molecule has 1 unspecified atom stereocenters. The molecule has 0 aliphatic carbocycles. The van der Waals surface area contributed by atoms with Crippen molar-refractivity contribution >= 4 is 17.6 Å². The molecule has 1 aliphatic heterocycles. The summed E-state index contributed by atoms with van der Waals surface area (Å²) in [5.74, 6) is -1.67. The Morgan fingerprint density at radius 3 is 2.80 bits per heavy atom. The van der Waals surface area contributed by atoms with Gasteiger partial charge < -0.3 is 15.7 Å². The number of nitrogens with one attached hydrogen (secondary N) is 2. The molecule has 0 radical (unpaired) electrons. The molecule has 0 aromatic heterocycles. The highest BCUT2D eigenvalue weighted by Crippen LogP contribution is 2.23. The lowest BCUT2D eigenvalue weighted by Gasteiger charge is -2.16. The Balaban J connectivity index is 2.00. The number of amides is 1. The van der Waals surface area contributed by atoms with Crippen molar-refractivity contribution < 1.29 is 14.7 Å². The summed E-state index contributed by atoms with van der Waals surface area (Å²) in [6.07, 6.45) is 0.917. The van der Waals surface area contributed by atoms with Crippen molar-refractivity contribution in [2.45, 2.75) is 20.3 Å². The molecule has 1 amide bonds. The molecular weight excluding hydrogens is 256 g/mol. The Labute approximate surface area is 118 Å². The van der Waals surface area contributed by atoms with Gasteiger partial charge in [-0.15, -0.1) is 0 Å². The summed E-state index contributed by atoms with van der Waals surface area (Å²) < 4.78 is 0. The lowest BCUT2D eigenvalue weighted by atomic mass is 9.96. The highest BCUT2D eigenvalue weighted by atomic mass is 16.4. The van der Waals surface area contributed by atoms with Gasteiger partial charge in [-0.25, -0.2) is 0 Å². The number of benzene rings is 1. The largest absolute Gasteiger partial charge is 0.481 e. The first kappa shape index (κ1) is 14.4. The minimum atomic E-state index is -0.876. The average molecular weight is 276 g/mol. The number of carbonyl (C=O) groups excluding carboxylic acids is 1. The zero-order chi connectivity index (χ0) is 14.7. The number of rotatable bonds is 5. The van der Waals surface area contributed by atoms with Crippen LogP contribution in [0.15, 0.2) is 18.2 Å². The average Bonchev–Trinajstić information content (AvgIpc) is 2.84. The van der Waals surface area contributed by atoms with E-state index in [-0.39, 0.29) is 18.4 Å². The predicted molar refractivity (Wildman–Crippen MR) is 76.9 cm³/mol. The fourth-order valence-corrected chi connectivity index (χ4v) is 2.36. The number of hydrogen-bond donors (Lipinski definition) is 3. The van der Waals surface area contributed by atoms with Crippen LogP contribution >= 0.6 is 0 Å². The van der Waals surface area contributed by atoms with Crippen molar-refractivity contribution in [2.24, 2.45) is 11.8 Å². The number of carboxylic acid groups (broad SMARTS) is 1. The third-order valence-electron chi connectivity index (χ3n) is 3.68. The molecule has 0 fully saturated rings. The van der Waals surface area contributed by atoms with Crippen molar-refractivity contribution in [3.05, 3.63) is 29.3 Å². The molecule has 1 aliphatic rings. The molecule has 1 aromatic rings. The van der Waals surface area contributed by atoms with Gasteiger partial charge in [-0.05, 0) is 36.1 Å². The van der Waals surface area contributed by atoms with E-state index in [2.05, 4.69) is 10.6 Å². The summed E-state index contributed by atoms with van der Waals surface area (Å²) in [4.78, 5) is 23.2. The Morgan fingerprint density at radius 2 is 2.15 bits per heavy atom. The maximum Gasteiger partial charge on any atom is 0.308 e. The van der Waals surface area contributed by atoms with Crippen molar-refractivity contribution in [3.63, 3.8) is 0 Å². The molecule has 20 heavy (non-hydrogen) atoms. The minimum Gasteiger partial charge on any atom is -0.481 e. The lowest BCUT2D eigenvalue weighted by molar-refractivity contribution is -0.142. The first-order chi connectivity index (χ1) is 9.49. The van der Waals surface area contributed by atoms with E-state index >= 15 is 0 Å². The van der Waals surface area contributed by atoms with Gasteiger partial charge in [0.25, 0.3) is 5.91 Å². The molecule has 2 rings (SSSR count). The van der Waals surface area contributed by atoms with Crippen LogP contribution in [0.5, 0.6) is 0 Å². The van der Waals surface area contributed by atoms with E-state index in [0.717, 1.165) is 24.2 Å². The third-order valence-corrected chi connectivity index (χ3v) is 3.68. The van der Waals surface area contributed by atoms with Gasteiger partial charge in [0.05, 0.1) is 5.92 Å². The van der Waals surface area contributed by atoms with Crippen LogP contribution in [0.2, 0.25) is 0 Å². The monoisotopic (exact) mass is 276 g/mol. The van der Waals surface area contributed by atoms with Gasteiger partial charge in [0.1, 0.15) is 0 Å². The highest BCUT2D eigenvalue weighted by Gasteiger charge is 2.22. The van der Waals surface area contributed by atoms with E-state index in [1.165, 1.54) is 0 Å². The van der Waals surface area contributed by atoms with Crippen LogP contribution in [0.25, 0.3) is 0 Å². The summed E-state index contributed by atoms with van der Waals surface area (Å²) >= 11 is 0. The number of carboxylic acids is 1. The van der Waals surface area contributed by atoms with Crippen LogP contribution in [0.4, 0.5) is 5.69 Å². The van der Waals surface area contributed by atoms with E-state index < -0.39 is 11.9 Å². The maximum absolute atomic E-state index is 12.1. The zero-order valence-corrected chi connectivity index (χ0v) is 11.8. The van der Waals surface area contributed by atoms with Crippen molar-refractivity contribution in [1.82, 2.24) is 5.32 Å². The Kier molecular flexibility index (Phi) is 4.27. The normalized spacial score (nSPS) is 14.6. The number of hydrogen-bond acceptors (Lipinski definition) is 3. The van der Waals surface area contributed by atoms with Gasteiger partial charge in [0.2, 0.25) is 0 Å². The van der Waals surface area contributed by atoms with Gasteiger partial charge in [-0.2, -0.15) is 0 Å². The summed E-state index contributed by atoms with van der Waals surface area (Å²) in [6, 6.07) is 5.53. The van der Waals surface area contributed by atoms with Crippen LogP contribution in [-0.2, 0) is 11.2 Å². The molecule has 0 bridgehead atoms. The predicted octanol–water partition coefficient (Wildman–Crippen LogP) is 1.74. The standard InChI is InChI=1S/C15H20N2O3/c1-9(2)12(15(19)20)8-17-14(18)11-3-4-13-10(7-11)5-6-16-13/h3-4,7,9,12,16H,5-6,8H2,1-2H3,(H,17,18)(H,19,20). The fourth-order valence-electron chi connectivity index (χ4n) is 2.36. The first-order valence-electron chi connectivity index (χ1n) is 6.87. The van der Waals surface area contributed by atoms with Gasteiger partial charge >= 0.3 is 5.97 Å². The first-order valence-corrected chi connectivity index (χ1v) is 6.87. The van der Waals surface area contributed by atoms with E-state index in [0.29, 0.717) is 5.56 Å². The molecule has 5 heteroatoms. The SMILES string of the molecule is CC(C)C(CNC(=O)c1ccc2c(c1)CCN2)C(=O)O. The van der Waals surface area contributed by atoms with Crippen LogP contribution in [0.3, 0.4) is 0 Å². The Hall–Kier alpha value is -2.04. The molecule has 1 heterocycles. The molecule has 0 saturated carbocycles. The van der Waals surface area contributed by atoms with Crippen LogP contribution < -0.4 is 10.6 Å². The summed E-state index contributed by atoms with van der Waals surface area (Å²) in [6.45, 7) is 4.73. The topological polar surface area (TPSA) is 78.4 Å². The Bertz CT molecular complexity index is 526. The van der Waals surface area contributed by atoms with Crippen molar-refractivity contribution in [3.8, 4) is 0 Å². The van der Waals surface area contributed by atoms with E-state index in [9.17, 15) is 9.59 Å². The Morgan fingerprint density at radius 1 is 1.40 bits per heavy atom. The number of aliphatic carboxylic acids is 1. The lowest BCUT2D eigenvalue weighted by Crippen LogP contribution is -2.35. The van der Waals surface area contributed by atoms with Crippen LogP contribution in [0, 0.1) is 11.8 Å². The summed E-state index contributed by atoms with van der Waals surface area (Å²) in [5, 5.41) is 15.0. The molecule has 5 nitrogen and oxygen atoms in total. The number of anilines is 1. The quantitative estimate of drug-likeness (QED) is 0.765. The number of fused-ring (bicyclic) bond motifs is 1. The second kappa shape index (κ2) is 5.94. The maximum atomic E-state index is 12.1. The molecule has 1 aromatic carbocycles. The van der Waals surface area contributed by atoms with E-state index in [4.69, 9.17) is 5.11 Å². The number of carbonyl (C=O) groups is 2. The summed E-state index contributed by atoms with van der Waals surface area (Å²) in [5.41, 5.74) is 2.80. The molecule has 3 N–H and O–H groups in total. The van der Waals surface area contributed by atoms with Crippen molar-refractivity contribution in [1.29, 1.82) is 0 Å². The molecular formula is C15H20N2O3. The third kappa shape index (κ3) is 3.10. The highest BCUT2D eigenvalue weighted by molar-refractivity contribution is 5.95. The van der Waals surface area contributed by atoms with Gasteiger partial charge in [-0.3, -0.25) is 9.59 Å². The van der Waals surface area contributed by atoms with Crippen LogP contribution in [-0.4, -0.2) is 30.1 Å². The summed E-state index contributed by atoms with van der Waals surface area (Å²) in [7, 11) is 0. The molecule has 108 valence electrons. The molecule has 0 spiro atoms. The van der Waals surface area contributed by atoms with Gasteiger partial charge in [0.15, 0.2) is 0 Å². The second-order valence-corrected chi connectivity index (χ2v) is 5.45. The molecule has 1 atom stereocenters. The second-order valence-electron chi connectivity index (χ2n) is 5.45. The van der Waals surface area contributed by atoms with Crippen LogP contribution in [0.1, 0.15) is 29.8 Å². The van der Waals surface area contributed by atoms with Gasteiger partial charge in [0, 0.05) is 24.3 Å². The smallest absolute Gasteiger partial charge is 0.308 e. The van der Waals surface area contributed by atoms with E-state index in [1.54, 1.807) is 6.07 Å². The fraction of sp³-hybridized carbons (Fsp3) is 0.467. The van der Waals surface area contributed by atoms with E-state index in [1.807, 2.05) is 26.0 Å².